The predicted octanol–water partition coefficient (Wildman–Crippen LogP) is -6.20. The molecule has 10 atom stereocenters. The number of aromatic hydroxyl groups is 1. The highest BCUT2D eigenvalue weighted by Gasteiger charge is 2.36. The van der Waals surface area contributed by atoms with Crippen molar-refractivity contribution in [3.8, 4) is 5.75 Å². The van der Waals surface area contributed by atoms with Crippen LogP contribution in [0.3, 0.4) is 0 Å². The molecule has 0 radical (unpaired) electrons. The van der Waals surface area contributed by atoms with E-state index < -0.39 is 145 Å². The number of aliphatic hydroxyl groups excluding tert-OH is 2. The maximum Gasteiger partial charge on any atom is 0.326 e. The standard InChI is InChI=1S/C50H87N17O14/c1-25(2)22-34(63-40(72)30(52)10-8-20-58-49(54)55)44(76)61-31(11-6-7-19-51)41(73)60-32(12-9-21-59-50(56)57)42(74)64-35(23-28-13-15-29(70)16-14-28)45(77)65-36(24-68)46(78)67-39(27(5)69)47(79)62-33(17-18-37(53)71)43(75)66-38(26(3)4)48(80)81/h13-16,25-27,30-36,38-39,68-70H,6-12,17-24,51-52H2,1-5H3,(H2,53,71)(H,60,73)(H,61,76)(H,62,79)(H,63,72)(H,64,74)(H,65,77)(H,66,75)(H,67,78)(H,80,81)(H4,54,55,58)(H4,56,57,59)/t27-,30+,31+,32+,33+,34+,35+,36+,38+,39+/m1/s1. The first-order chi connectivity index (χ1) is 38.0. The number of primary amides is 1. The molecule has 1 aromatic carbocycles. The first-order valence-electron chi connectivity index (χ1n) is 26.6. The molecule has 0 aliphatic heterocycles. The quantitative estimate of drug-likeness (QED) is 0.0166. The van der Waals surface area contributed by atoms with Crippen LogP contribution in [0.4, 0.5) is 0 Å². The zero-order valence-electron chi connectivity index (χ0n) is 46.7. The number of phenols is 1. The number of hydrogen-bond acceptors (Lipinski definition) is 17. The Balaban J connectivity index is 3.62. The first-order valence-corrected chi connectivity index (χ1v) is 26.6. The summed E-state index contributed by atoms with van der Waals surface area (Å²) in [4.78, 5) is 142. The van der Waals surface area contributed by atoms with Gasteiger partial charge in [-0.25, -0.2) is 4.79 Å². The molecule has 1 aromatic rings. The van der Waals surface area contributed by atoms with Crippen molar-refractivity contribution in [2.24, 2.45) is 62.0 Å². The van der Waals surface area contributed by atoms with Gasteiger partial charge in [-0.3, -0.25) is 53.1 Å². The predicted molar refractivity (Wildman–Crippen MR) is 297 cm³/mol. The summed E-state index contributed by atoms with van der Waals surface area (Å²) in [7, 11) is 0. The van der Waals surface area contributed by atoms with Gasteiger partial charge in [-0.1, -0.05) is 39.8 Å². The molecule has 456 valence electrons. The van der Waals surface area contributed by atoms with E-state index in [1.165, 1.54) is 38.1 Å². The van der Waals surface area contributed by atoms with Crippen LogP contribution in [0.2, 0.25) is 0 Å². The third kappa shape index (κ3) is 28.2. The Morgan fingerprint density at radius 3 is 1.44 bits per heavy atom. The topological polar surface area (TPSA) is 555 Å². The minimum atomic E-state index is -1.90. The maximum atomic E-state index is 14.4. The van der Waals surface area contributed by atoms with Crippen LogP contribution < -0.4 is 82.7 Å². The number of aliphatic carboxylic acids is 1. The van der Waals surface area contributed by atoms with Gasteiger partial charge in [0.15, 0.2) is 11.9 Å². The van der Waals surface area contributed by atoms with Crippen molar-refractivity contribution in [1.82, 2.24) is 42.5 Å². The molecule has 0 aliphatic rings. The van der Waals surface area contributed by atoms with Crippen molar-refractivity contribution < 1.29 is 68.4 Å². The highest BCUT2D eigenvalue weighted by Crippen LogP contribution is 2.14. The number of carbonyl (C=O) groups excluding carboxylic acids is 9. The number of amides is 9. The number of rotatable bonds is 39. The number of carboxylic acids is 1. The summed E-state index contributed by atoms with van der Waals surface area (Å²) in [6.45, 7) is 7.04. The molecule has 0 aromatic heterocycles. The molecule has 31 nitrogen and oxygen atoms in total. The smallest absolute Gasteiger partial charge is 0.326 e. The first kappa shape index (κ1) is 71.1. The maximum absolute atomic E-state index is 14.4. The van der Waals surface area contributed by atoms with Crippen LogP contribution in [-0.4, -0.2) is 178 Å². The van der Waals surface area contributed by atoms with E-state index in [0.29, 0.717) is 24.8 Å². The molecule has 0 unspecified atom stereocenters. The van der Waals surface area contributed by atoms with E-state index in [1.54, 1.807) is 0 Å². The number of carboxylic acid groups (broad SMARTS) is 1. The summed E-state index contributed by atoms with van der Waals surface area (Å²) in [6.07, 6.45) is -1.54. The van der Waals surface area contributed by atoms with E-state index in [2.05, 4.69) is 52.5 Å². The fourth-order valence-electron chi connectivity index (χ4n) is 7.77. The van der Waals surface area contributed by atoms with Crippen molar-refractivity contribution in [2.45, 2.75) is 166 Å². The molecule has 0 fully saturated rings. The highest BCUT2D eigenvalue weighted by atomic mass is 16.4. The Morgan fingerprint density at radius 2 is 0.963 bits per heavy atom. The fraction of sp³-hybridized carbons (Fsp3) is 0.640. The number of nitrogens with one attached hydrogen (secondary N) is 8. The number of phenolic OH excluding ortho intramolecular Hbond substituents is 1. The molecule has 0 spiro atoms. The third-order valence-corrected chi connectivity index (χ3v) is 12.2. The summed E-state index contributed by atoms with van der Waals surface area (Å²) in [5, 5.41) is 60.3. The number of guanidine groups is 2. The number of nitrogens with two attached hydrogens (primary N) is 7. The van der Waals surface area contributed by atoms with E-state index in [-0.39, 0.29) is 81.7 Å². The van der Waals surface area contributed by atoms with Crippen molar-refractivity contribution in [3.63, 3.8) is 0 Å². The lowest BCUT2D eigenvalue weighted by Crippen LogP contribution is -2.62. The van der Waals surface area contributed by atoms with Gasteiger partial charge in [0.05, 0.1) is 18.8 Å². The molecule has 1 rings (SSSR count). The van der Waals surface area contributed by atoms with Crippen molar-refractivity contribution in [2.75, 3.05) is 26.2 Å². The van der Waals surface area contributed by atoms with Crippen molar-refractivity contribution in [3.05, 3.63) is 29.8 Å². The number of benzene rings is 1. The minimum absolute atomic E-state index is 0.0214. The largest absolute Gasteiger partial charge is 0.508 e. The fourth-order valence-corrected chi connectivity index (χ4v) is 7.77. The minimum Gasteiger partial charge on any atom is -0.508 e. The molecule has 26 N–H and O–H groups in total. The number of unbranched alkanes of at least 4 members (excludes halogenated alkanes) is 1. The number of aliphatic hydroxyl groups is 2. The van der Waals surface area contributed by atoms with Crippen LogP contribution >= 0.6 is 0 Å². The summed E-state index contributed by atoms with van der Waals surface area (Å²) in [6, 6.07) is -7.98. The second-order valence-electron chi connectivity index (χ2n) is 20.1. The number of carbonyl (C=O) groups is 10. The average molecular weight is 1150 g/mol. The van der Waals surface area contributed by atoms with Gasteiger partial charge >= 0.3 is 5.97 Å². The SMILES string of the molecule is CC(C)C[C@H](NC(=O)[C@@H](N)CCCN=C(N)N)C(=O)N[C@@H](CCCCN)C(=O)N[C@@H](CCCN=C(N)N)C(=O)N[C@@H](Cc1ccc(O)cc1)C(=O)N[C@@H](CO)C(=O)N[C@H](C(=O)N[C@@H](CCC(N)=O)C(=O)N[C@H](C(=O)O)C(C)C)[C@@H](C)O. The van der Waals surface area contributed by atoms with Crippen LogP contribution in [0.1, 0.15) is 104 Å². The van der Waals surface area contributed by atoms with Gasteiger partial charge in [0, 0.05) is 25.9 Å². The molecule has 9 amide bonds. The van der Waals surface area contributed by atoms with E-state index >= 15 is 0 Å². The Labute approximate surface area is 470 Å². The summed E-state index contributed by atoms with van der Waals surface area (Å²) in [5.41, 5.74) is 39.3. The lowest BCUT2D eigenvalue weighted by molar-refractivity contribution is -0.144. The zero-order chi connectivity index (χ0) is 61.5. The summed E-state index contributed by atoms with van der Waals surface area (Å²) in [5.74, 6) is -11.3. The second-order valence-corrected chi connectivity index (χ2v) is 20.1. The van der Waals surface area contributed by atoms with Crippen LogP contribution in [0.25, 0.3) is 0 Å². The summed E-state index contributed by atoms with van der Waals surface area (Å²) < 4.78 is 0. The Morgan fingerprint density at radius 1 is 0.531 bits per heavy atom. The molecule has 0 saturated carbocycles. The lowest BCUT2D eigenvalue weighted by atomic mass is 10.0. The van der Waals surface area contributed by atoms with Gasteiger partial charge in [-0.15, -0.1) is 0 Å². The van der Waals surface area contributed by atoms with Crippen LogP contribution in [0.15, 0.2) is 34.3 Å². The molecule has 0 aliphatic carbocycles. The molecule has 0 saturated heterocycles. The molecular weight excluding hydrogens is 1060 g/mol. The molecular formula is C50H87N17O14. The van der Waals surface area contributed by atoms with Gasteiger partial charge in [0.2, 0.25) is 53.2 Å². The monoisotopic (exact) mass is 1150 g/mol. The van der Waals surface area contributed by atoms with Crippen molar-refractivity contribution in [1.29, 1.82) is 0 Å². The Hall–Kier alpha value is -7.90. The van der Waals surface area contributed by atoms with Crippen LogP contribution in [0, 0.1) is 11.8 Å². The van der Waals surface area contributed by atoms with Crippen LogP contribution in [-0.2, 0) is 54.4 Å². The van der Waals surface area contributed by atoms with E-state index in [1.807, 2.05) is 13.8 Å². The molecule has 0 bridgehead atoms. The molecule has 31 heteroatoms. The third-order valence-electron chi connectivity index (χ3n) is 12.2. The lowest BCUT2D eigenvalue weighted by Gasteiger charge is -2.28. The summed E-state index contributed by atoms with van der Waals surface area (Å²) >= 11 is 0. The van der Waals surface area contributed by atoms with Gasteiger partial charge in [-0.2, -0.15) is 0 Å². The number of nitrogens with zero attached hydrogens (tertiary/aromatic N) is 2. The van der Waals surface area contributed by atoms with Gasteiger partial charge < -0.3 is 103 Å². The van der Waals surface area contributed by atoms with E-state index in [0.717, 1.165) is 6.92 Å². The van der Waals surface area contributed by atoms with Crippen LogP contribution in [0.5, 0.6) is 5.75 Å². The highest BCUT2D eigenvalue weighted by molar-refractivity contribution is 5.98. The van der Waals surface area contributed by atoms with E-state index in [4.69, 9.17) is 40.1 Å². The van der Waals surface area contributed by atoms with E-state index in [9.17, 15) is 68.4 Å². The number of hydrogen-bond donors (Lipinski definition) is 19. The second kappa shape index (κ2) is 37.1. The molecule has 81 heavy (non-hydrogen) atoms. The average Bonchev–Trinajstić information content (AvgIpc) is 3.38. The Bertz CT molecular complexity index is 2300. The van der Waals surface area contributed by atoms with Gasteiger partial charge in [-0.05, 0) is 101 Å². The Kier molecular flexibility index (Phi) is 32.6. The van der Waals surface area contributed by atoms with Crippen molar-refractivity contribution >= 4 is 71.1 Å². The van der Waals surface area contributed by atoms with Gasteiger partial charge in [0.1, 0.15) is 54.1 Å². The number of aliphatic imine (C=N–C) groups is 2. The zero-order valence-corrected chi connectivity index (χ0v) is 46.7. The normalized spacial score (nSPS) is 14.8. The molecule has 0 heterocycles. The van der Waals surface area contributed by atoms with Gasteiger partial charge in [0.25, 0.3) is 0 Å².